The van der Waals surface area contributed by atoms with Gasteiger partial charge in [-0.1, -0.05) is 0 Å². The maximum Gasteiger partial charge on any atom is 0.213 e. The van der Waals surface area contributed by atoms with Crippen molar-refractivity contribution in [1.82, 2.24) is 24.0 Å². The second kappa shape index (κ2) is 7.30. The summed E-state index contributed by atoms with van der Waals surface area (Å²) in [7, 11) is 0.0348. The molecule has 8 nitrogen and oxygen atoms in total. The predicted molar refractivity (Wildman–Crippen MR) is 78.3 cm³/mol. The lowest BCUT2D eigenvalue weighted by atomic mass is 10.2. The number of rotatable bonds is 7. The molecule has 2 heterocycles. The van der Waals surface area contributed by atoms with Gasteiger partial charge in [-0.05, 0) is 13.0 Å². The first-order valence-corrected chi connectivity index (χ1v) is 8.65. The van der Waals surface area contributed by atoms with Crippen molar-refractivity contribution in [1.29, 1.82) is 0 Å². The average Bonchev–Trinajstić information content (AvgIpc) is 2.91. The Morgan fingerprint density at radius 3 is 2.90 bits per heavy atom. The summed E-state index contributed by atoms with van der Waals surface area (Å²) in [6.07, 6.45) is 3.89. The van der Waals surface area contributed by atoms with E-state index in [2.05, 4.69) is 15.0 Å². The van der Waals surface area contributed by atoms with Crippen LogP contribution >= 0.6 is 0 Å². The summed E-state index contributed by atoms with van der Waals surface area (Å²) in [6.45, 7) is 3.74. The maximum atomic E-state index is 11.7. The number of morpholine rings is 1. The molecule has 0 aliphatic carbocycles. The number of hydrogen-bond donors (Lipinski definition) is 0. The van der Waals surface area contributed by atoms with Gasteiger partial charge in [0.15, 0.2) is 0 Å². The van der Waals surface area contributed by atoms with Gasteiger partial charge in [-0.15, -0.1) is 0 Å². The molecule has 9 heteroatoms. The first-order chi connectivity index (χ1) is 9.97. The summed E-state index contributed by atoms with van der Waals surface area (Å²) < 4.78 is 32.2. The van der Waals surface area contributed by atoms with Crippen LogP contribution in [0.1, 0.15) is 6.42 Å². The van der Waals surface area contributed by atoms with Gasteiger partial charge in [0.05, 0.1) is 25.0 Å². The lowest BCUT2D eigenvalue weighted by molar-refractivity contribution is -0.0373. The highest BCUT2D eigenvalue weighted by Gasteiger charge is 2.21. The van der Waals surface area contributed by atoms with E-state index in [0.29, 0.717) is 19.6 Å². The van der Waals surface area contributed by atoms with Gasteiger partial charge in [0.25, 0.3) is 0 Å². The minimum Gasteiger partial charge on any atom is -0.374 e. The van der Waals surface area contributed by atoms with Gasteiger partial charge in [-0.3, -0.25) is 9.58 Å². The number of hydrogen-bond acceptors (Lipinski definition) is 6. The summed E-state index contributed by atoms with van der Waals surface area (Å²) in [4.78, 5) is 6.16. The minimum atomic E-state index is -3.10. The highest BCUT2D eigenvalue weighted by atomic mass is 32.2. The molecule has 1 aromatic heterocycles. The molecule has 1 aliphatic heterocycles. The van der Waals surface area contributed by atoms with Crippen molar-refractivity contribution in [3.63, 3.8) is 0 Å². The van der Waals surface area contributed by atoms with Crippen LogP contribution in [0.4, 0.5) is 0 Å². The van der Waals surface area contributed by atoms with Crippen molar-refractivity contribution < 1.29 is 13.2 Å². The zero-order valence-corrected chi connectivity index (χ0v) is 13.4. The van der Waals surface area contributed by atoms with Crippen LogP contribution in [0.2, 0.25) is 0 Å². The van der Waals surface area contributed by atoms with Crippen LogP contribution in [0.3, 0.4) is 0 Å². The van der Waals surface area contributed by atoms with Crippen LogP contribution in [-0.2, 0) is 21.3 Å². The molecule has 120 valence electrons. The highest BCUT2D eigenvalue weighted by Crippen LogP contribution is 2.08. The van der Waals surface area contributed by atoms with Crippen molar-refractivity contribution in [2.75, 3.05) is 46.1 Å². The average molecular weight is 317 g/mol. The van der Waals surface area contributed by atoms with E-state index >= 15 is 0 Å². The molecular weight excluding hydrogens is 294 g/mol. The maximum absolute atomic E-state index is 11.7. The van der Waals surface area contributed by atoms with Crippen molar-refractivity contribution in [3.05, 3.63) is 12.7 Å². The smallest absolute Gasteiger partial charge is 0.213 e. The summed E-state index contributed by atoms with van der Waals surface area (Å²) in [6, 6.07) is 0. The third kappa shape index (κ3) is 5.03. The lowest BCUT2D eigenvalue weighted by Gasteiger charge is -2.32. The Labute approximate surface area is 125 Å². The van der Waals surface area contributed by atoms with E-state index in [1.54, 1.807) is 25.1 Å². The van der Waals surface area contributed by atoms with E-state index in [4.69, 9.17) is 4.74 Å². The number of sulfonamides is 1. The highest BCUT2D eigenvalue weighted by molar-refractivity contribution is 7.89. The Hall–Kier alpha value is -1.03. The van der Waals surface area contributed by atoms with Crippen LogP contribution in [0.5, 0.6) is 0 Å². The fourth-order valence-corrected chi connectivity index (χ4v) is 3.14. The molecule has 2 rings (SSSR count). The Morgan fingerprint density at radius 2 is 2.24 bits per heavy atom. The van der Waals surface area contributed by atoms with Crippen LogP contribution in [0.15, 0.2) is 12.7 Å². The zero-order chi connectivity index (χ0) is 15.3. The van der Waals surface area contributed by atoms with E-state index in [0.717, 1.165) is 19.6 Å². The monoisotopic (exact) mass is 317 g/mol. The third-order valence-corrected chi connectivity index (χ3v) is 5.43. The molecule has 1 saturated heterocycles. The lowest BCUT2D eigenvalue weighted by Crippen LogP contribution is -2.45. The summed E-state index contributed by atoms with van der Waals surface area (Å²) >= 11 is 0. The van der Waals surface area contributed by atoms with Crippen LogP contribution in [0, 0.1) is 0 Å². The standard InChI is InChI=1S/C12H23N5O3S/c1-15(2)21(18,19)7-3-4-16-5-6-20-12(8-16)9-17-11-13-10-14-17/h10-12H,3-9H2,1-2H3/t12-/m1/s1. The molecule has 0 unspecified atom stereocenters. The molecule has 0 N–H and O–H groups in total. The van der Waals surface area contributed by atoms with Crippen molar-refractivity contribution in [3.8, 4) is 0 Å². The van der Waals surface area contributed by atoms with Crippen molar-refractivity contribution >= 4 is 10.0 Å². The van der Waals surface area contributed by atoms with Gasteiger partial charge in [0.2, 0.25) is 10.0 Å². The molecule has 1 aromatic rings. The molecule has 0 saturated carbocycles. The summed E-state index contributed by atoms with van der Waals surface area (Å²) in [5.41, 5.74) is 0. The molecule has 1 fully saturated rings. The first kappa shape index (κ1) is 16.3. The van der Waals surface area contributed by atoms with Crippen molar-refractivity contribution in [2.45, 2.75) is 19.1 Å². The molecule has 0 bridgehead atoms. The molecular formula is C12H23N5O3S. The van der Waals surface area contributed by atoms with E-state index in [1.807, 2.05) is 0 Å². The number of nitrogens with zero attached hydrogens (tertiary/aromatic N) is 5. The SMILES string of the molecule is CN(C)S(=O)(=O)CCCN1CCO[C@@H](Cn2cncn2)C1. The number of ether oxygens (including phenoxy) is 1. The van der Waals surface area contributed by atoms with Crippen LogP contribution in [0.25, 0.3) is 0 Å². The number of aromatic nitrogens is 3. The third-order valence-electron chi connectivity index (χ3n) is 3.51. The minimum absolute atomic E-state index is 0.0749. The second-order valence-corrected chi connectivity index (χ2v) is 7.67. The predicted octanol–water partition coefficient (Wildman–Crippen LogP) is -0.740. The Morgan fingerprint density at radius 1 is 1.43 bits per heavy atom. The molecule has 1 aliphatic rings. The van der Waals surface area contributed by atoms with Crippen molar-refractivity contribution in [2.24, 2.45) is 0 Å². The van der Waals surface area contributed by atoms with E-state index in [1.165, 1.54) is 10.6 Å². The van der Waals surface area contributed by atoms with E-state index in [9.17, 15) is 8.42 Å². The van der Waals surface area contributed by atoms with Crippen LogP contribution < -0.4 is 0 Å². The molecule has 0 amide bonds. The van der Waals surface area contributed by atoms with Gasteiger partial charge in [0, 0.05) is 27.2 Å². The molecule has 0 radical (unpaired) electrons. The Balaban J connectivity index is 1.74. The van der Waals surface area contributed by atoms with Gasteiger partial charge < -0.3 is 4.74 Å². The second-order valence-electron chi connectivity index (χ2n) is 5.36. The Kier molecular flexibility index (Phi) is 5.68. The van der Waals surface area contributed by atoms with Gasteiger partial charge in [-0.25, -0.2) is 17.7 Å². The quantitative estimate of drug-likeness (QED) is 0.659. The van der Waals surface area contributed by atoms with Gasteiger partial charge in [-0.2, -0.15) is 5.10 Å². The largest absolute Gasteiger partial charge is 0.374 e. The van der Waals surface area contributed by atoms with E-state index < -0.39 is 10.0 Å². The summed E-state index contributed by atoms with van der Waals surface area (Å²) in [5, 5.41) is 4.07. The normalized spacial score (nSPS) is 21.0. The zero-order valence-electron chi connectivity index (χ0n) is 12.6. The van der Waals surface area contributed by atoms with Crippen LogP contribution in [-0.4, -0.2) is 84.6 Å². The molecule has 21 heavy (non-hydrogen) atoms. The van der Waals surface area contributed by atoms with E-state index in [-0.39, 0.29) is 11.9 Å². The molecule has 1 atom stereocenters. The van der Waals surface area contributed by atoms with Gasteiger partial charge in [0.1, 0.15) is 12.7 Å². The molecule has 0 spiro atoms. The Bertz CT molecular complexity index is 517. The fraction of sp³-hybridized carbons (Fsp3) is 0.833. The topological polar surface area (TPSA) is 80.6 Å². The molecule has 0 aromatic carbocycles. The summed E-state index contributed by atoms with van der Waals surface area (Å²) in [5.74, 6) is 0.186. The first-order valence-electron chi connectivity index (χ1n) is 7.04. The fourth-order valence-electron chi connectivity index (χ4n) is 2.28. The van der Waals surface area contributed by atoms with Gasteiger partial charge >= 0.3 is 0 Å².